The number of nitrogens with one attached hydrogen (secondary N) is 2. The summed E-state index contributed by atoms with van der Waals surface area (Å²) in [6, 6.07) is 10.7. The standard InChI is InChI=1S/C27H30F3N5O4S/c1-39-25-16-20(40(2,37)38)8-9-23(25)32-12-4-5-19-15-21-22(33-18-10-13-34(14-11-18)26(31)36)6-3-7-24(21)35(19)17-27(28,29)30/h3,6-9,15-16,18,32-33H,10-14,17H2,1-2H3,(H2,31,36). The number of methoxy groups -OCH3 is 1. The van der Waals surface area contributed by atoms with Crippen LogP contribution in [0.5, 0.6) is 5.75 Å². The summed E-state index contributed by atoms with van der Waals surface area (Å²) in [5.74, 6) is 6.00. The third kappa shape index (κ3) is 6.93. The number of carbonyl (C=O) groups is 1. The van der Waals surface area contributed by atoms with Gasteiger partial charge in [-0.3, -0.25) is 0 Å². The number of halogens is 3. The molecule has 1 fully saturated rings. The first-order valence-corrected chi connectivity index (χ1v) is 14.4. The molecule has 0 spiro atoms. The van der Waals surface area contributed by atoms with Crippen molar-refractivity contribution < 1.29 is 31.1 Å². The van der Waals surface area contributed by atoms with E-state index in [9.17, 15) is 26.4 Å². The lowest BCUT2D eigenvalue weighted by Gasteiger charge is -2.31. The lowest BCUT2D eigenvalue weighted by molar-refractivity contribution is -0.140. The van der Waals surface area contributed by atoms with Crippen molar-refractivity contribution in [1.82, 2.24) is 9.47 Å². The number of alkyl halides is 3. The number of sulfone groups is 1. The fourth-order valence-corrected chi connectivity index (χ4v) is 5.29. The molecule has 0 bridgehead atoms. The van der Waals surface area contributed by atoms with Gasteiger partial charge in [0.25, 0.3) is 0 Å². The summed E-state index contributed by atoms with van der Waals surface area (Å²) < 4.78 is 70.6. The van der Waals surface area contributed by atoms with Gasteiger partial charge in [-0.2, -0.15) is 13.2 Å². The molecule has 13 heteroatoms. The lowest BCUT2D eigenvalue weighted by Crippen LogP contribution is -2.44. The Morgan fingerprint density at radius 1 is 1.15 bits per heavy atom. The quantitative estimate of drug-likeness (QED) is 0.365. The molecule has 1 aromatic heterocycles. The first-order chi connectivity index (χ1) is 18.9. The molecule has 9 nitrogen and oxygen atoms in total. The molecular formula is C27H30F3N5O4S. The molecule has 1 aliphatic heterocycles. The van der Waals surface area contributed by atoms with Crippen molar-refractivity contribution in [3.63, 3.8) is 0 Å². The molecule has 214 valence electrons. The first kappa shape index (κ1) is 28.9. The Bertz CT molecular complexity index is 1570. The number of nitrogens with zero attached hydrogens (tertiary/aromatic N) is 2. The second-order valence-electron chi connectivity index (χ2n) is 9.50. The highest BCUT2D eigenvalue weighted by molar-refractivity contribution is 7.90. The number of nitrogens with two attached hydrogens (primary N) is 1. The maximum atomic E-state index is 13.5. The van der Waals surface area contributed by atoms with Crippen molar-refractivity contribution in [2.75, 3.05) is 43.6 Å². The van der Waals surface area contributed by atoms with Crippen LogP contribution < -0.4 is 21.1 Å². The molecule has 2 heterocycles. The zero-order valence-corrected chi connectivity index (χ0v) is 22.8. The topological polar surface area (TPSA) is 119 Å². The number of piperidine rings is 1. The molecule has 4 N–H and O–H groups in total. The highest BCUT2D eigenvalue weighted by atomic mass is 32.2. The number of aromatic nitrogens is 1. The van der Waals surface area contributed by atoms with Gasteiger partial charge in [0.1, 0.15) is 12.3 Å². The fourth-order valence-electron chi connectivity index (χ4n) is 4.65. The zero-order chi connectivity index (χ0) is 29.1. The number of rotatable bonds is 7. The van der Waals surface area contributed by atoms with Crippen molar-refractivity contribution >= 4 is 38.1 Å². The second kappa shape index (κ2) is 11.6. The summed E-state index contributed by atoms with van der Waals surface area (Å²) in [4.78, 5) is 13.1. The van der Waals surface area contributed by atoms with E-state index in [0.717, 1.165) is 10.8 Å². The Hall–Kier alpha value is -4.05. The first-order valence-electron chi connectivity index (χ1n) is 12.5. The van der Waals surface area contributed by atoms with Gasteiger partial charge in [-0.15, -0.1) is 0 Å². The Kier molecular flexibility index (Phi) is 8.39. The van der Waals surface area contributed by atoms with Gasteiger partial charge in [0.2, 0.25) is 0 Å². The molecule has 0 aliphatic carbocycles. The fraction of sp³-hybridized carbons (Fsp3) is 0.370. The minimum atomic E-state index is -4.46. The van der Waals surface area contributed by atoms with Gasteiger partial charge >= 0.3 is 12.2 Å². The van der Waals surface area contributed by atoms with Crippen LogP contribution in [0, 0.1) is 11.8 Å². The van der Waals surface area contributed by atoms with Crippen LogP contribution in [0.4, 0.5) is 29.3 Å². The Balaban J connectivity index is 1.57. The van der Waals surface area contributed by atoms with Crippen LogP contribution in [0.3, 0.4) is 0 Å². The molecule has 2 amide bonds. The molecule has 4 rings (SSSR count). The molecular weight excluding hydrogens is 547 g/mol. The van der Waals surface area contributed by atoms with E-state index in [1.54, 1.807) is 29.2 Å². The molecule has 1 aliphatic rings. The van der Waals surface area contributed by atoms with Gasteiger partial charge in [-0.25, -0.2) is 13.2 Å². The number of anilines is 2. The summed E-state index contributed by atoms with van der Waals surface area (Å²) in [5, 5.41) is 7.04. The van der Waals surface area contributed by atoms with Gasteiger partial charge < -0.3 is 30.6 Å². The van der Waals surface area contributed by atoms with E-state index in [0.29, 0.717) is 54.0 Å². The van der Waals surface area contributed by atoms with Crippen LogP contribution in [0.25, 0.3) is 10.9 Å². The number of fused-ring (bicyclic) bond motifs is 1. The highest BCUT2D eigenvalue weighted by Gasteiger charge is 2.30. The van der Waals surface area contributed by atoms with E-state index in [-0.39, 0.29) is 23.2 Å². The third-order valence-electron chi connectivity index (χ3n) is 6.63. The number of amides is 2. The minimum absolute atomic E-state index is 0.0370. The van der Waals surface area contributed by atoms with Crippen LogP contribution in [0.15, 0.2) is 47.4 Å². The normalized spacial score (nSPS) is 14.5. The monoisotopic (exact) mass is 577 g/mol. The van der Waals surface area contributed by atoms with Crippen LogP contribution >= 0.6 is 0 Å². The highest BCUT2D eigenvalue weighted by Crippen LogP contribution is 2.31. The number of primary amides is 1. The van der Waals surface area contributed by atoms with Crippen LogP contribution in [-0.2, 0) is 16.4 Å². The van der Waals surface area contributed by atoms with Gasteiger partial charge in [0.05, 0.1) is 35.4 Å². The summed E-state index contributed by atoms with van der Waals surface area (Å²) in [5.41, 5.74) is 7.13. The van der Waals surface area contributed by atoms with Crippen LogP contribution in [0.2, 0.25) is 0 Å². The number of carbonyl (C=O) groups excluding carboxylic acids is 1. The summed E-state index contributed by atoms with van der Waals surface area (Å²) in [7, 11) is -2.02. The van der Waals surface area contributed by atoms with Crippen molar-refractivity contribution in [1.29, 1.82) is 0 Å². The molecule has 1 saturated heterocycles. The van der Waals surface area contributed by atoms with Crippen molar-refractivity contribution in [2.45, 2.75) is 36.5 Å². The van der Waals surface area contributed by atoms with E-state index in [4.69, 9.17) is 10.5 Å². The molecule has 2 aromatic carbocycles. The Labute approximate surface area is 230 Å². The smallest absolute Gasteiger partial charge is 0.406 e. The minimum Gasteiger partial charge on any atom is -0.495 e. The van der Waals surface area contributed by atoms with Gasteiger partial charge in [0, 0.05) is 42.5 Å². The van der Waals surface area contributed by atoms with Gasteiger partial charge in [-0.05, 0) is 49.1 Å². The molecule has 0 saturated carbocycles. The summed E-state index contributed by atoms with van der Waals surface area (Å²) in [6.07, 6.45) is -2.04. The lowest BCUT2D eigenvalue weighted by atomic mass is 10.0. The van der Waals surface area contributed by atoms with E-state index >= 15 is 0 Å². The van der Waals surface area contributed by atoms with Crippen LogP contribution in [0.1, 0.15) is 18.5 Å². The molecule has 0 atom stereocenters. The second-order valence-corrected chi connectivity index (χ2v) is 11.5. The molecule has 3 aromatic rings. The Morgan fingerprint density at radius 2 is 1.88 bits per heavy atom. The van der Waals surface area contributed by atoms with Crippen molar-refractivity contribution in [3.8, 4) is 17.6 Å². The average Bonchev–Trinajstić information content (AvgIpc) is 3.23. The molecule has 0 radical (unpaired) electrons. The number of likely N-dealkylation sites (tertiary alicyclic amines) is 1. The average molecular weight is 578 g/mol. The van der Waals surface area contributed by atoms with Crippen LogP contribution in [-0.4, -0.2) is 69.1 Å². The third-order valence-corrected chi connectivity index (χ3v) is 7.74. The van der Waals surface area contributed by atoms with E-state index in [1.165, 1.54) is 19.2 Å². The summed E-state index contributed by atoms with van der Waals surface area (Å²) in [6.45, 7) is -0.117. The van der Waals surface area contributed by atoms with Crippen molar-refractivity contribution in [2.24, 2.45) is 5.73 Å². The molecule has 40 heavy (non-hydrogen) atoms. The number of hydrogen-bond donors (Lipinski definition) is 3. The maximum absolute atomic E-state index is 13.5. The van der Waals surface area contributed by atoms with E-state index < -0.39 is 28.6 Å². The summed E-state index contributed by atoms with van der Waals surface area (Å²) >= 11 is 0. The predicted molar refractivity (Wildman–Crippen MR) is 147 cm³/mol. The largest absolute Gasteiger partial charge is 0.495 e. The SMILES string of the molecule is COc1cc(S(C)(=O)=O)ccc1NCC#Cc1cc2c(NC3CCN(C(N)=O)CC3)cccc2n1CC(F)(F)F. The maximum Gasteiger partial charge on any atom is 0.406 e. The predicted octanol–water partition coefficient (Wildman–Crippen LogP) is 4.03. The number of ether oxygens (including phenoxy) is 1. The number of urea groups is 1. The zero-order valence-electron chi connectivity index (χ0n) is 22.0. The Morgan fingerprint density at radius 3 is 2.50 bits per heavy atom. The van der Waals surface area contributed by atoms with Crippen molar-refractivity contribution in [3.05, 3.63) is 48.2 Å². The number of benzene rings is 2. The van der Waals surface area contributed by atoms with E-state index in [2.05, 4.69) is 22.5 Å². The van der Waals surface area contributed by atoms with Gasteiger partial charge in [0.15, 0.2) is 9.84 Å². The van der Waals surface area contributed by atoms with E-state index in [1.807, 2.05) is 6.07 Å². The molecule has 0 unspecified atom stereocenters. The van der Waals surface area contributed by atoms with Gasteiger partial charge in [-0.1, -0.05) is 12.0 Å². The number of hydrogen-bond acceptors (Lipinski definition) is 6.